The zero-order valence-electron chi connectivity index (χ0n) is 14.2. The van der Waals surface area contributed by atoms with Gasteiger partial charge in [0.05, 0.1) is 25.3 Å². The third-order valence-corrected chi connectivity index (χ3v) is 4.65. The Bertz CT molecular complexity index is 1060. The number of carbonyl (C=O) groups is 2. The molecule has 25 heavy (non-hydrogen) atoms. The highest BCUT2D eigenvalue weighted by Crippen LogP contribution is 2.45. The van der Waals surface area contributed by atoms with Crippen molar-refractivity contribution in [1.82, 2.24) is 0 Å². The van der Waals surface area contributed by atoms with Gasteiger partial charge in [-0.25, -0.2) is 0 Å². The molecule has 124 valence electrons. The molecule has 0 saturated heterocycles. The number of methoxy groups -OCH3 is 2. The van der Waals surface area contributed by atoms with Crippen LogP contribution >= 0.6 is 0 Å². The minimum Gasteiger partial charge on any atom is -0.495 e. The Morgan fingerprint density at radius 3 is 1.76 bits per heavy atom. The molecule has 4 heteroatoms. The van der Waals surface area contributed by atoms with Crippen LogP contribution in [0.3, 0.4) is 0 Å². The van der Waals surface area contributed by atoms with Crippen molar-refractivity contribution in [2.24, 2.45) is 0 Å². The van der Waals surface area contributed by atoms with Crippen molar-refractivity contribution in [1.29, 1.82) is 0 Å². The van der Waals surface area contributed by atoms with Crippen LogP contribution in [-0.2, 0) is 0 Å². The molecule has 0 saturated carbocycles. The summed E-state index contributed by atoms with van der Waals surface area (Å²) in [5.41, 5.74) is 2.38. The van der Waals surface area contributed by atoms with Crippen molar-refractivity contribution < 1.29 is 19.1 Å². The lowest BCUT2D eigenvalue weighted by atomic mass is 9.81. The molecule has 0 radical (unpaired) electrons. The summed E-state index contributed by atoms with van der Waals surface area (Å²) in [5.74, 6) is 0.396. The highest BCUT2D eigenvalue weighted by molar-refractivity contribution is 6.32. The van der Waals surface area contributed by atoms with E-state index in [-0.39, 0.29) is 22.7 Å². The molecule has 0 amide bonds. The van der Waals surface area contributed by atoms with E-state index in [2.05, 4.69) is 0 Å². The highest BCUT2D eigenvalue weighted by atomic mass is 16.5. The largest absolute Gasteiger partial charge is 0.495 e. The summed E-state index contributed by atoms with van der Waals surface area (Å²) in [7, 11) is 3.03. The maximum Gasteiger partial charge on any atom is 0.198 e. The zero-order valence-corrected chi connectivity index (χ0v) is 14.2. The van der Waals surface area contributed by atoms with Gasteiger partial charge in [-0.05, 0) is 13.0 Å². The summed E-state index contributed by atoms with van der Waals surface area (Å²) in [6, 6.07) is 12.6. The van der Waals surface area contributed by atoms with E-state index in [0.29, 0.717) is 22.6 Å². The number of ketones is 2. The molecule has 4 nitrogen and oxygen atoms in total. The molecule has 1 aliphatic carbocycles. The van der Waals surface area contributed by atoms with Gasteiger partial charge in [-0.1, -0.05) is 42.0 Å². The molecule has 0 aromatic heterocycles. The first-order valence-corrected chi connectivity index (χ1v) is 7.95. The first-order chi connectivity index (χ1) is 12.1. The van der Waals surface area contributed by atoms with Crippen LogP contribution in [0.25, 0.3) is 10.8 Å². The van der Waals surface area contributed by atoms with Crippen molar-refractivity contribution in [3.63, 3.8) is 0 Å². The van der Waals surface area contributed by atoms with Crippen molar-refractivity contribution in [2.45, 2.75) is 6.92 Å². The number of hydrogen-bond donors (Lipinski definition) is 0. The lowest BCUT2D eigenvalue weighted by Gasteiger charge is -2.24. The van der Waals surface area contributed by atoms with Gasteiger partial charge in [0.2, 0.25) is 0 Å². The lowest BCUT2D eigenvalue weighted by Crippen LogP contribution is -2.22. The Balaban J connectivity index is 2.21. The van der Waals surface area contributed by atoms with Gasteiger partial charge in [0.15, 0.2) is 11.6 Å². The number of hydrogen-bond acceptors (Lipinski definition) is 4. The smallest absolute Gasteiger partial charge is 0.198 e. The molecule has 0 unspecified atom stereocenters. The van der Waals surface area contributed by atoms with Crippen LogP contribution < -0.4 is 9.47 Å². The van der Waals surface area contributed by atoms with Crippen LogP contribution in [0, 0.1) is 6.92 Å². The summed E-state index contributed by atoms with van der Waals surface area (Å²) in [4.78, 5) is 26.3. The number of aryl methyl sites for hydroxylation is 1. The zero-order chi connectivity index (χ0) is 17.7. The number of rotatable bonds is 2. The molecule has 0 atom stereocenters. The van der Waals surface area contributed by atoms with Gasteiger partial charge in [-0.2, -0.15) is 0 Å². The summed E-state index contributed by atoms with van der Waals surface area (Å²) in [6.07, 6.45) is 0. The quantitative estimate of drug-likeness (QED) is 0.558. The first-order valence-electron chi connectivity index (χ1n) is 7.95. The third kappa shape index (κ3) is 2.00. The summed E-state index contributed by atoms with van der Waals surface area (Å²) >= 11 is 0. The molecule has 0 fully saturated rings. The number of benzene rings is 3. The average molecular weight is 332 g/mol. The highest BCUT2D eigenvalue weighted by Gasteiger charge is 2.36. The fraction of sp³-hybridized carbons (Fsp3) is 0.143. The van der Waals surface area contributed by atoms with E-state index >= 15 is 0 Å². The van der Waals surface area contributed by atoms with Gasteiger partial charge in [-0.15, -0.1) is 0 Å². The second-order valence-electron chi connectivity index (χ2n) is 6.07. The lowest BCUT2D eigenvalue weighted by molar-refractivity contribution is 0.0974. The molecule has 0 bridgehead atoms. The monoisotopic (exact) mass is 332 g/mol. The number of carbonyl (C=O) groups excluding carboxylic acids is 2. The molecule has 0 heterocycles. The van der Waals surface area contributed by atoms with Crippen LogP contribution in [0.15, 0.2) is 42.5 Å². The fourth-order valence-corrected chi connectivity index (χ4v) is 3.55. The van der Waals surface area contributed by atoms with Crippen molar-refractivity contribution in [3.05, 3.63) is 70.3 Å². The Labute approximate surface area is 145 Å². The molecule has 3 aromatic rings. The van der Waals surface area contributed by atoms with Gasteiger partial charge in [0, 0.05) is 21.9 Å². The standard InChI is InChI=1S/C21H16O4/c1-11-8-9-14-15(10-11)21(25-3)17-16(20(14)24-2)18(22)12-6-4-5-7-13(12)19(17)23/h4-10H,1-3H3. The molecule has 0 N–H and O–H groups in total. The van der Waals surface area contributed by atoms with Gasteiger partial charge >= 0.3 is 0 Å². The van der Waals surface area contributed by atoms with Gasteiger partial charge in [-0.3, -0.25) is 9.59 Å². The van der Waals surface area contributed by atoms with E-state index in [0.717, 1.165) is 16.3 Å². The summed E-state index contributed by atoms with van der Waals surface area (Å²) < 4.78 is 11.2. The van der Waals surface area contributed by atoms with Crippen LogP contribution in [0.1, 0.15) is 37.4 Å². The van der Waals surface area contributed by atoms with E-state index in [9.17, 15) is 9.59 Å². The molecular weight excluding hydrogens is 316 g/mol. The Morgan fingerprint density at radius 2 is 1.24 bits per heavy atom. The van der Waals surface area contributed by atoms with Crippen LogP contribution in [0.4, 0.5) is 0 Å². The maximum atomic E-state index is 13.1. The number of fused-ring (bicyclic) bond motifs is 3. The van der Waals surface area contributed by atoms with Crippen molar-refractivity contribution in [2.75, 3.05) is 14.2 Å². The molecule has 4 rings (SSSR count). The Morgan fingerprint density at radius 1 is 0.720 bits per heavy atom. The molecule has 0 spiro atoms. The third-order valence-electron chi connectivity index (χ3n) is 4.65. The molecule has 1 aliphatic rings. The average Bonchev–Trinajstić information content (AvgIpc) is 2.64. The molecular formula is C21H16O4. The topological polar surface area (TPSA) is 52.6 Å². The fourth-order valence-electron chi connectivity index (χ4n) is 3.55. The van der Waals surface area contributed by atoms with E-state index in [1.807, 2.05) is 25.1 Å². The van der Waals surface area contributed by atoms with Crippen molar-refractivity contribution >= 4 is 22.3 Å². The maximum absolute atomic E-state index is 13.1. The second kappa shape index (κ2) is 5.45. The first kappa shape index (κ1) is 15.4. The van der Waals surface area contributed by atoms with E-state index in [1.54, 1.807) is 24.3 Å². The Kier molecular flexibility index (Phi) is 3.35. The van der Waals surface area contributed by atoms with Crippen LogP contribution in [-0.4, -0.2) is 25.8 Å². The van der Waals surface area contributed by atoms with Crippen LogP contribution in [0.2, 0.25) is 0 Å². The van der Waals surface area contributed by atoms with Gasteiger partial charge < -0.3 is 9.47 Å². The molecule has 3 aromatic carbocycles. The van der Waals surface area contributed by atoms with E-state index < -0.39 is 0 Å². The van der Waals surface area contributed by atoms with Gasteiger partial charge in [0.25, 0.3) is 0 Å². The molecule has 0 aliphatic heterocycles. The SMILES string of the molecule is COc1c2c(c(OC)c3cc(C)ccc13)C(=O)c1ccccc1C2=O. The second-order valence-corrected chi connectivity index (χ2v) is 6.07. The predicted molar refractivity (Wildman–Crippen MR) is 95.1 cm³/mol. The minimum absolute atomic E-state index is 0.219. The summed E-state index contributed by atoms with van der Waals surface area (Å²) in [5, 5.41) is 1.52. The van der Waals surface area contributed by atoms with Gasteiger partial charge in [0.1, 0.15) is 11.5 Å². The van der Waals surface area contributed by atoms with E-state index in [4.69, 9.17) is 9.47 Å². The van der Waals surface area contributed by atoms with E-state index in [1.165, 1.54) is 14.2 Å². The Hall–Kier alpha value is -3.14. The van der Waals surface area contributed by atoms with Crippen molar-refractivity contribution in [3.8, 4) is 11.5 Å². The summed E-state index contributed by atoms with van der Waals surface area (Å²) in [6.45, 7) is 1.97. The number of ether oxygens (including phenoxy) is 2. The normalized spacial score (nSPS) is 12.8. The van der Waals surface area contributed by atoms with Crippen LogP contribution in [0.5, 0.6) is 11.5 Å². The minimum atomic E-state index is -0.220. The predicted octanol–water partition coefficient (Wildman–Crippen LogP) is 3.94.